The fourth-order valence-corrected chi connectivity index (χ4v) is 2.71. The lowest BCUT2D eigenvalue weighted by Gasteiger charge is -2.22. The number of rotatable bonds is 9. The maximum Gasteiger partial charge on any atom is 0.257 e. The van der Waals surface area contributed by atoms with Crippen LogP contribution in [0.25, 0.3) is 0 Å². The normalized spacial score (nSPS) is 10.3. The van der Waals surface area contributed by atoms with Crippen LogP contribution in [-0.2, 0) is 0 Å². The molecule has 1 amide bonds. The number of benzene rings is 1. The molecule has 1 heterocycles. The van der Waals surface area contributed by atoms with Gasteiger partial charge in [0.2, 0.25) is 0 Å². The topological polar surface area (TPSA) is 63.7 Å². The molecular formula is C20H27N3O3. The molecule has 6 heteroatoms. The summed E-state index contributed by atoms with van der Waals surface area (Å²) in [5.41, 5.74) is 1.15. The minimum Gasteiger partial charge on any atom is -0.493 e. The molecule has 0 radical (unpaired) electrons. The van der Waals surface area contributed by atoms with Crippen LogP contribution >= 0.6 is 0 Å². The molecule has 0 saturated heterocycles. The van der Waals surface area contributed by atoms with E-state index in [-0.39, 0.29) is 5.91 Å². The lowest BCUT2D eigenvalue weighted by molar-refractivity contribution is 0.102. The summed E-state index contributed by atoms with van der Waals surface area (Å²) in [5, 5.41) is 2.86. The van der Waals surface area contributed by atoms with E-state index in [2.05, 4.69) is 29.0 Å². The molecule has 0 aliphatic carbocycles. The van der Waals surface area contributed by atoms with E-state index in [0.29, 0.717) is 22.7 Å². The van der Waals surface area contributed by atoms with Gasteiger partial charge in [-0.1, -0.05) is 13.8 Å². The Labute approximate surface area is 155 Å². The highest BCUT2D eigenvalue weighted by molar-refractivity contribution is 6.04. The third-order valence-electron chi connectivity index (χ3n) is 3.96. The van der Waals surface area contributed by atoms with Gasteiger partial charge < -0.3 is 19.7 Å². The number of pyridine rings is 1. The number of carbonyl (C=O) groups excluding carboxylic acids is 1. The van der Waals surface area contributed by atoms with E-state index >= 15 is 0 Å². The number of aromatic nitrogens is 1. The number of anilines is 2. The first-order chi connectivity index (χ1) is 12.6. The number of hydrogen-bond acceptors (Lipinski definition) is 5. The molecule has 2 aromatic rings. The van der Waals surface area contributed by atoms with Gasteiger partial charge in [0.15, 0.2) is 11.5 Å². The summed E-state index contributed by atoms with van der Waals surface area (Å²) in [4.78, 5) is 19.2. The highest BCUT2D eigenvalue weighted by Gasteiger charge is 2.11. The minimum absolute atomic E-state index is 0.214. The molecule has 0 saturated carbocycles. The molecule has 26 heavy (non-hydrogen) atoms. The van der Waals surface area contributed by atoms with E-state index in [4.69, 9.17) is 9.47 Å². The van der Waals surface area contributed by atoms with E-state index in [1.807, 2.05) is 6.07 Å². The van der Waals surface area contributed by atoms with Gasteiger partial charge in [-0.3, -0.25) is 4.79 Å². The van der Waals surface area contributed by atoms with E-state index in [1.165, 1.54) is 0 Å². The van der Waals surface area contributed by atoms with Crippen molar-refractivity contribution in [2.75, 3.05) is 37.5 Å². The zero-order valence-corrected chi connectivity index (χ0v) is 15.9. The minimum atomic E-state index is -0.214. The Morgan fingerprint density at radius 3 is 2.27 bits per heavy atom. The van der Waals surface area contributed by atoms with Gasteiger partial charge >= 0.3 is 0 Å². The summed E-state index contributed by atoms with van der Waals surface area (Å²) < 4.78 is 10.5. The molecule has 0 atom stereocenters. The van der Waals surface area contributed by atoms with Gasteiger partial charge in [-0.05, 0) is 37.1 Å². The van der Waals surface area contributed by atoms with Crippen molar-refractivity contribution in [2.45, 2.75) is 26.7 Å². The molecule has 0 aliphatic rings. The van der Waals surface area contributed by atoms with Crippen LogP contribution in [0.15, 0.2) is 36.5 Å². The van der Waals surface area contributed by atoms with Gasteiger partial charge in [0.05, 0.1) is 19.8 Å². The van der Waals surface area contributed by atoms with Crippen molar-refractivity contribution in [1.29, 1.82) is 0 Å². The summed E-state index contributed by atoms with van der Waals surface area (Å²) >= 11 is 0. The number of hydrogen-bond donors (Lipinski definition) is 1. The molecular weight excluding hydrogens is 330 g/mol. The second-order valence-corrected chi connectivity index (χ2v) is 5.92. The van der Waals surface area contributed by atoms with Crippen LogP contribution in [0, 0.1) is 0 Å². The second-order valence-electron chi connectivity index (χ2n) is 5.92. The van der Waals surface area contributed by atoms with Gasteiger partial charge in [0.1, 0.15) is 5.82 Å². The summed E-state index contributed by atoms with van der Waals surface area (Å²) in [6, 6.07) is 8.95. The van der Waals surface area contributed by atoms with Gasteiger partial charge in [-0.25, -0.2) is 4.98 Å². The third-order valence-corrected chi connectivity index (χ3v) is 3.96. The fraction of sp³-hybridized carbons (Fsp3) is 0.400. The molecule has 0 fully saturated rings. The van der Waals surface area contributed by atoms with E-state index < -0.39 is 0 Å². The Morgan fingerprint density at radius 1 is 1.04 bits per heavy atom. The summed E-state index contributed by atoms with van der Waals surface area (Å²) in [7, 11) is 3.13. The quantitative estimate of drug-likeness (QED) is 0.735. The number of carbonyl (C=O) groups is 1. The number of ether oxygens (including phenoxy) is 2. The molecule has 0 unspecified atom stereocenters. The predicted molar refractivity (Wildman–Crippen MR) is 105 cm³/mol. The van der Waals surface area contributed by atoms with Crippen LogP contribution in [0.1, 0.15) is 37.0 Å². The van der Waals surface area contributed by atoms with Crippen LogP contribution in [0.5, 0.6) is 11.5 Å². The molecule has 2 rings (SSSR count). The van der Waals surface area contributed by atoms with Crippen molar-refractivity contribution in [3.05, 3.63) is 42.1 Å². The summed E-state index contributed by atoms with van der Waals surface area (Å²) in [6.07, 6.45) is 3.73. The van der Waals surface area contributed by atoms with Crippen LogP contribution in [0.2, 0.25) is 0 Å². The average molecular weight is 357 g/mol. The first-order valence-corrected chi connectivity index (χ1v) is 8.87. The molecule has 0 bridgehead atoms. The Balaban J connectivity index is 2.10. The largest absolute Gasteiger partial charge is 0.493 e. The van der Waals surface area contributed by atoms with Crippen molar-refractivity contribution >= 4 is 17.4 Å². The Morgan fingerprint density at radius 2 is 1.73 bits per heavy atom. The molecule has 6 nitrogen and oxygen atoms in total. The summed E-state index contributed by atoms with van der Waals surface area (Å²) in [5.74, 6) is 1.86. The maximum atomic E-state index is 12.5. The van der Waals surface area contributed by atoms with Crippen molar-refractivity contribution in [3.63, 3.8) is 0 Å². The van der Waals surface area contributed by atoms with Crippen LogP contribution in [0.3, 0.4) is 0 Å². The predicted octanol–water partition coefficient (Wildman–Crippen LogP) is 3.98. The van der Waals surface area contributed by atoms with Crippen LogP contribution < -0.4 is 19.7 Å². The Bertz CT molecular complexity index is 711. The molecule has 1 aromatic heterocycles. The molecule has 1 aromatic carbocycles. The SMILES string of the molecule is CCCN(CCC)c1ccc(C(=O)Nc2ccc(OC)c(OC)c2)cn1. The number of nitrogens with one attached hydrogen (secondary N) is 1. The maximum absolute atomic E-state index is 12.5. The highest BCUT2D eigenvalue weighted by Crippen LogP contribution is 2.29. The van der Waals surface area contributed by atoms with Crippen molar-refractivity contribution in [1.82, 2.24) is 4.98 Å². The zero-order valence-electron chi connectivity index (χ0n) is 15.9. The Kier molecular flexibility index (Phi) is 7.26. The number of methoxy groups -OCH3 is 2. The van der Waals surface area contributed by atoms with E-state index in [9.17, 15) is 4.79 Å². The van der Waals surface area contributed by atoms with Gasteiger partial charge in [0.25, 0.3) is 5.91 Å². The monoisotopic (exact) mass is 357 g/mol. The van der Waals surface area contributed by atoms with Gasteiger partial charge in [-0.15, -0.1) is 0 Å². The third kappa shape index (κ3) is 4.88. The summed E-state index contributed by atoms with van der Waals surface area (Å²) in [6.45, 7) is 6.21. The fourth-order valence-electron chi connectivity index (χ4n) is 2.71. The van der Waals surface area contributed by atoms with Gasteiger partial charge in [-0.2, -0.15) is 0 Å². The standard InChI is InChI=1S/C20H27N3O3/c1-5-11-23(12-6-2)19-10-7-15(14-21-19)20(24)22-16-8-9-17(25-3)18(13-16)26-4/h7-10,13-14H,5-6,11-12H2,1-4H3,(H,22,24). The second kappa shape index (κ2) is 9.65. The smallest absolute Gasteiger partial charge is 0.257 e. The molecule has 0 aliphatic heterocycles. The average Bonchev–Trinajstić information content (AvgIpc) is 2.67. The highest BCUT2D eigenvalue weighted by atomic mass is 16.5. The first kappa shape index (κ1) is 19.6. The number of nitrogens with zero attached hydrogens (tertiary/aromatic N) is 2. The van der Waals surface area contributed by atoms with E-state index in [1.54, 1.807) is 44.7 Å². The van der Waals surface area contributed by atoms with Gasteiger partial charge in [0, 0.05) is 31.0 Å². The van der Waals surface area contributed by atoms with Crippen molar-refractivity contribution in [3.8, 4) is 11.5 Å². The lowest BCUT2D eigenvalue weighted by Crippen LogP contribution is -2.26. The zero-order chi connectivity index (χ0) is 18.9. The van der Waals surface area contributed by atoms with Crippen molar-refractivity contribution < 1.29 is 14.3 Å². The molecule has 1 N–H and O–H groups in total. The Hall–Kier alpha value is -2.76. The van der Waals surface area contributed by atoms with E-state index in [0.717, 1.165) is 31.7 Å². The van der Waals surface area contributed by atoms with Crippen LogP contribution in [-0.4, -0.2) is 38.2 Å². The first-order valence-electron chi connectivity index (χ1n) is 8.87. The molecule has 0 spiro atoms. The molecule has 140 valence electrons. The lowest BCUT2D eigenvalue weighted by atomic mass is 10.2. The van der Waals surface area contributed by atoms with Crippen molar-refractivity contribution in [2.24, 2.45) is 0 Å². The number of amides is 1. The van der Waals surface area contributed by atoms with Crippen LogP contribution in [0.4, 0.5) is 11.5 Å².